The molecule has 0 aromatic rings. The molecule has 0 aromatic heterocycles. The summed E-state index contributed by atoms with van der Waals surface area (Å²) in [5, 5.41) is 0. The van der Waals surface area contributed by atoms with Crippen molar-refractivity contribution in [1.29, 1.82) is 0 Å². The number of allylic oxidation sites excluding steroid dienone is 1. The van der Waals surface area contributed by atoms with E-state index in [0.29, 0.717) is 6.42 Å². The number of carbonyl (C=O) groups excluding carboxylic acids is 1. The smallest absolute Gasteiger partial charge is 0.319 e. The zero-order chi connectivity index (χ0) is 10.6. The zero-order valence-corrected chi connectivity index (χ0v) is 9.01. The number of hydrogen-bond acceptors (Lipinski definition) is 3. The van der Waals surface area contributed by atoms with Gasteiger partial charge in [-0.3, -0.25) is 9.36 Å². The SMILES string of the molecule is C=C(C)C(=O)P(=O)(O)OC(C)CC. The van der Waals surface area contributed by atoms with E-state index in [1.807, 2.05) is 0 Å². The van der Waals surface area contributed by atoms with Crippen molar-refractivity contribution in [2.24, 2.45) is 0 Å². The van der Waals surface area contributed by atoms with Crippen LogP contribution in [0.4, 0.5) is 0 Å². The number of carbonyl (C=O) groups is 1. The first-order valence-electron chi connectivity index (χ1n) is 4.02. The molecule has 5 heteroatoms. The summed E-state index contributed by atoms with van der Waals surface area (Å²) in [6, 6.07) is 0. The maximum atomic E-state index is 11.2. The van der Waals surface area contributed by atoms with Crippen molar-refractivity contribution in [3.63, 3.8) is 0 Å². The molecule has 2 unspecified atom stereocenters. The monoisotopic (exact) mass is 206 g/mol. The summed E-state index contributed by atoms with van der Waals surface area (Å²) in [4.78, 5) is 20.3. The Kier molecular flexibility index (Phi) is 4.54. The summed E-state index contributed by atoms with van der Waals surface area (Å²) in [6.45, 7) is 8.11. The predicted molar refractivity (Wildman–Crippen MR) is 50.5 cm³/mol. The average molecular weight is 206 g/mol. The Morgan fingerprint density at radius 1 is 1.69 bits per heavy atom. The van der Waals surface area contributed by atoms with E-state index in [2.05, 4.69) is 6.58 Å². The van der Waals surface area contributed by atoms with Crippen LogP contribution in [-0.2, 0) is 13.9 Å². The standard InChI is InChI=1S/C8H15O4P/c1-5-7(4)12-13(10,11)8(9)6(2)3/h7H,2,5H2,1,3-4H3,(H,10,11). The molecule has 4 nitrogen and oxygen atoms in total. The van der Waals surface area contributed by atoms with Crippen LogP contribution in [0.15, 0.2) is 12.2 Å². The fourth-order valence-electron chi connectivity index (χ4n) is 0.608. The third-order valence-corrected chi connectivity index (χ3v) is 3.06. The molecule has 0 saturated heterocycles. The van der Waals surface area contributed by atoms with Gasteiger partial charge in [-0.1, -0.05) is 13.5 Å². The normalized spacial score (nSPS) is 17.5. The van der Waals surface area contributed by atoms with Crippen molar-refractivity contribution >= 4 is 13.1 Å². The van der Waals surface area contributed by atoms with Crippen molar-refractivity contribution in [3.8, 4) is 0 Å². The Hall–Kier alpha value is -0.440. The quantitative estimate of drug-likeness (QED) is 0.552. The van der Waals surface area contributed by atoms with E-state index < -0.39 is 19.2 Å². The molecule has 0 spiro atoms. The number of hydrogen-bond donors (Lipinski definition) is 1. The fraction of sp³-hybridized carbons (Fsp3) is 0.625. The Balaban J connectivity index is 4.49. The van der Waals surface area contributed by atoms with Crippen LogP contribution in [0.2, 0.25) is 0 Å². The van der Waals surface area contributed by atoms with Gasteiger partial charge < -0.3 is 9.42 Å². The molecule has 0 rings (SSSR count). The van der Waals surface area contributed by atoms with Gasteiger partial charge in [0, 0.05) is 0 Å². The van der Waals surface area contributed by atoms with Gasteiger partial charge in [-0.2, -0.15) is 0 Å². The van der Waals surface area contributed by atoms with Crippen molar-refractivity contribution in [2.45, 2.75) is 33.3 Å². The molecular formula is C8H15O4P. The third-order valence-electron chi connectivity index (χ3n) is 1.52. The highest BCUT2D eigenvalue weighted by Crippen LogP contribution is 2.46. The second-order valence-electron chi connectivity index (χ2n) is 2.93. The largest absolute Gasteiger partial charge is 0.398 e. The molecule has 0 heterocycles. The van der Waals surface area contributed by atoms with Gasteiger partial charge in [-0.25, -0.2) is 0 Å². The molecule has 76 valence electrons. The Labute approximate surface area is 78.1 Å². The van der Waals surface area contributed by atoms with E-state index in [0.717, 1.165) is 0 Å². The maximum absolute atomic E-state index is 11.2. The summed E-state index contributed by atoms with van der Waals surface area (Å²) < 4.78 is 16.0. The first-order valence-corrected chi connectivity index (χ1v) is 5.60. The van der Waals surface area contributed by atoms with Gasteiger partial charge in [-0.05, 0) is 25.8 Å². The maximum Gasteiger partial charge on any atom is 0.398 e. The zero-order valence-electron chi connectivity index (χ0n) is 8.11. The lowest BCUT2D eigenvalue weighted by atomic mass is 10.3. The highest BCUT2D eigenvalue weighted by molar-refractivity contribution is 7.71. The van der Waals surface area contributed by atoms with Crippen LogP contribution in [0.25, 0.3) is 0 Å². The van der Waals surface area contributed by atoms with Crippen LogP contribution in [0.1, 0.15) is 27.2 Å². The molecule has 0 amide bonds. The number of rotatable bonds is 5. The fourth-order valence-corrected chi connectivity index (χ4v) is 1.82. The first-order chi connectivity index (χ1) is 5.81. The second-order valence-corrected chi connectivity index (χ2v) is 4.59. The molecule has 2 atom stereocenters. The van der Waals surface area contributed by atoms with Crippen LogP contribution in [-0.4, -0.2) is 16.5 Å². The van der Waals surface area contributed by atoms with E-state index in [9.17, 15) is 14.3 Å². The molecule has 13 heavy (non-hydrogen) atoms. The van der Waals surface area contributed by atoms with Gasteiger partial charge in [0.1, 0.15) is 0 Å². The van der Waals surface area contributed by atoms with Crippen molar-refractivity contribution in [1.82, 2.24) is 0 Å². The Bertz CT molecular complexity index is 259. The van der Waals surface area contributed by atoms with Crippen LogP contribution in [0.3, 0.4) is 0 Å². The van der Waals surface area contributed by atoms with Gasteiger partial charge in [-0.15, -0.1) is 0 Å². The molecule has 0 saturated carbocycles. The van der Waals surface area contributed by atoms with Gasteiger partial charge in [0.15, 0.2) is 0 Å². The minimum absolute atomic E-state index is 0.0362. The molecule has 0 fully saturated rings. The van der Waals surface area contributed by atoms with Crippen molar-refractivity contribution in [2.75, 3.05) is 0 Å². The van der Waals surface area contributed by atoms with E-state index in [-0.39, 0.29) is 5.57 Å². The van der Waals surface area contributed by atoms with Gasteiger partial charge in [0.25, 0.3) is 5.52 Å². The Morgan fingerprint density at radius 2 is 2.15 bits per heavy atom. The van der Waals surface area contributed by atoms with E-state index in [1.54, 1.807) is 13.8 Å². The molecule has 0 radical (unpaired) electrons. The predicted octanol–water partition coefficient (Wildman–Crippen LogP) is 2.09. The minimum atomic E-state index is -4.15. The van der Waals surface area contributed by atoms with Crippen molar-refractivity contribution in [3.05, 3.63) is 12.2 Å². The van der Waals surface area contributed by atoms with Crippen LogP contribution in [0.5, 0.6) is 0 Å². The second kappa shape index (κ2) is 4.70. The van der Waals surface area contributed by atoms with Gasteiger partial charge in [0.2, 0.25) is 0 Å². The van der Waals surface area contributed by atoms with Gasteiger partial charge in [0.05, 0.1) is 6.10 Å². The van der Waals surface area contributed by atoms with Crippen LogP contribution < -0.4 is 0 Å². The molecule has 0 aliphatic rings. The topological polar surface area (TPSA) is 63.6 Å². The molecule has 1 N–H and O–H groups in total. The molecule has 0 aliphatic heterocycles. The lowest BCUT2D eigenvalue weighted by Crippen LogP contribution is -2.10. The Morgan fingerprint density at radius 3 is 2.46 bits per heavy atom. The van der Waals surface area contributed by atoms with Crippen LogP contribution in [0, 0.1) is 0 Å². The summed E-state index contributed by atoms with van der Waals surface area (Å²) in [5.74, 6) is 0. The summed E-state index contributed by atoms with van der Waals surface area (Å²) >= 11 is 0. The lowest BCUT2D eigenvalue weighted by Gasteiger charge is -2.15. The van der Waals surface area contributed by atoms with Crippen LogP contribution >= 0.6 is 7.60 Å². The molecule has 0 aliphatic carbocycles. The van der Waals surface area contributed by atoms with E-state index in [4.69, 9.17) is 4.52 Å². The molecule has 0 bridgehead atoms. The average Bonchev–Trinajstić information content (AvgIpc) is 2.01. The van der Waals surface area contributed by atoms with E-state index in [1.165, 1.54) is 6.92 Å². The summed E-state index contributed by atoms with van der Waals surface area (Å²) in [5.41, 5.74) is -0.873. The minimum Gasteiger partial charge on any atom is -0.319 e. The van der Waals surface area contributed by atoms with Gasteiger partial charge >= 0.3 is 7.60 Å². The highest BCUT2D eigenvalue weighted by atomic mass is 31.2. The highest BCUT2D eigenvalue weighted by Gasteiger charge is 2.32. The first kappa shape index (κ1) is 12.6. The summed E-state index contributed by atoms with van der Waals surface area (Å²) in [6.07, 6.45) is 0.174. The molecule has 0 aromatic carbocycles. The molecular weight excluding hydrogens is 191 g/mol. The third kappa shape index (κ3) is 3.85. The lowest BCUT2D eigenvalue weighted by molar-refractivity contribution is -0.110. The summed E-state index contributed by atoms with van der Waals surface area (Å²) in [7, 11) is -4.15. The van der Waals surface area contributed by atoms with E-state index >= 15 is 0 Å². The van der Waals surface area contributed by atoms with Crippen molar-refractivity contribution < 1.29 is 18.8 Å².